The lowest BCUT2D eigenvalue weighted by atomic mass is 9.92. The first-order valence-corrected chi connectivity index (χ1v) is 9.78. The summed E-state index contributed by atoms with van der Waals surface area (Å²) in [5.74, 6) is 0.968. The van der Waals surface area contributed by atoms with Gasteiger partial charge in [0, 0.05) is 6.42 Å². The predicted molar refractivity (Wildman–Crippen MR) is 94.8 cm³/mol. The van der Waals surface area contributed by atoms with Crippen molar-refractivity contribution < 1.29 is 4.79 Å². The van der Waals surface area contributed by atoms with Gasteiger partial charge in [-0.3, -0.25) is 0 Å². The molecule has 0 saturated heterocycles. The van der Waals surface area contributed by atoms with Crippen LogP contribution in [0.15, 0.2) is 0 Å². The van der Waals surface area contributed by atoms with Crippen LogP contribution in [0.1, 0.15) is 117 Å². The van der Waals surface area contributed by atoms with Gasteiger partial charge in [-0.1, -0.05) is 104 Å². The molecule has 0 aromatic carbocycles. The van der Waals surface area contributed by atoms with E-state index in [9.17, 15) is 4.79 Å². The molecular weight excluding hydrogens is 256 g/mol. The van der Waals surface area contributed by atoms with E-state index in [1.807, 2.05) is 0 Å². The third-order valence-electron chi connectivity index (χ3n) is 4.73. The molecule has 0 saturated carbocycles. The van der Waals surface area contributed by atoms with Crippen LogP contribution in [0.3, 0.4) is 0 Å². The highest BCUT2D eigenvalue weighted by atomic mass is 16.1. The molecule has 0 radical (unpaired) electrons. The zero-order valence-corrected chi connectivity index (χ0v) is 14.9. The second kappa shape index (κ2) is 17.7. The number of hydrogen-bond acceptors (Lipinski definition) is 1. The van der Waals surface area contributed by atoms with Crippen molar-refractivity contribution in [1.29, 1.82) is 0 Å². The average Bonchev–Trinajstić information content (AvgIpc) is 2.51. The van der Waals surface area contributed by atoms with Gasteiger partial charge in [-0.15, -0.1) is 0 Å². The van der Waals surface area contributed by atoms with Gasteiger partial charge in [-0.25, -0.2) is 0 Å². The molecule has 0 aromatic heterocycles. The minimum Gasteiger partial charge on any atom is -0.303 e. The first kappa shape index (κ1) is 20.7. The lowest BCUT2D eigenvalue weighted by Crippen LogP contribution is -1.99. The average molecular weight is 297 g/mol. The zero-order chi connectivity index (χ0) is 15.6. The van der Waals surface area contributed by atoms with Crippen molar-refractivity contribution in [3.05, 3.63) is 0 Å². The molecule has 1 unspecified atom stereocenters. The van der Waals surface area contributed by atoms with Gasteiger partial charge in [0.25, 0.3) is 0 Å². The lowest BCUT2D eigenvalue weighted by Gasteiger charge is -2.14. The van der Waals surface area contributed by atoms with Gasteiger partial charge in [0.05, 0.1) is 0 Å². The first-order chi connectivity index (χ1) is 10.3. The van der Waals surface area contributed by atoms with Gasteiger partial charge in [0.15, 0.2) is 0 Å². The summed E-state index contributed by atoms with van der Waals surface area (Å²) in [7, 11) is 0. The number of rotatable bonds is 17. The molecule has 21 heavy (non-hydrogen) atoms. The van der Waals surface area contributed by atoms with Crippen LogP contribution in [0.4, 0.5) is 0 Å². The molecule has 0 aromatic rings. The molecular formula is C20H40O. The van der Waals surface area contributed by atoms with E-state index in [1.165, 1.54) is 89.9 Å². The summed E-state index contributed by atoms with van der Waals surface area (Å²) >= 11 is 0. The smallest absolute Gasteiger partial charge is 0.119 e. The molecule has 0 N–H and O–H groups in total. The summed E-state index contributed by atoms with van der Waals surface area (Å²) < 4.78 is 0. The zero-order valence-electron chi connectivity index (χ0n) is 14.9. The highest BCUT2D eigenvalue weighted by Crippen LogP contribution is 2.21. The molecule has 126 valence electrons. The SMILES string of the molecule is CCCCCCCCCC(CC)CCCCCCCC=O. The van der Waals surface area contributed by atoms with Crippen LogP contribution in [0.5, 0.6) is 0 Å². The van der Waals surface area contributed by atoms with E-state index in [0.29, 0.717) is 0 Å². The minimum atomic E-state index is 0.760. The summed E-state index contributed by atoms with van der Waals surface area (Å²) in [6.45, 7) is 4.64. The maximum Gasteiger partial charge on any atom is 0.119 e. The molecule has 1 atom stereocenters. The normalized spacial score (nSPS) is 12.5. The van der Waals surface area contributed by atoms with Crippen LogP contribution in [0, 0.1) is 5.92 Å². The van der Waals surface area contributed by atoms with Crippen molar-refractivity contribution >= 4 is 6.29 Å². The number of aldehydes is 1. The fraction of sp³-hybridized carbons (Fsp3) is 0.950. The van der Waals surface area contributed by atoms with Crippen molar-refractivity contribution in [3.8, 4) is 0 Å². The van der Waals surface area contributed by atoms with Crippen LogP contribution in [-0.4, -0.2) is 6.29 Å². The van der Waals surface area contributed by atoms with E-state index in [2.05, 4.69) is 13.8 Å². The Balaban J connectivity index is 3.31. The van der Waals surface area contributed by atoms with E-state index < -0.39 is 0 Å². The summed E-state index contributed by atoms with van der Waals surface area (Å²) in [6.07, 6.45) is 22.5. The maximum atomic E-state index is 10.2. The van der Waals surface area contributed by atoms with Crippen LogP contribution in [0.2, 0.25) is 0 Å². The fourth-order valence-electron chi connectivity index (χ4n) is 3.13. The van der Waals surface area contributed by atoms with E-state index in [0.717, 1.165) is 25.0 Å². The summed E-state index contributed by atoms with van der Waals surface area (Å²) in [4.78, 5) is 10.2. The lowest BCUT2D eigenvalue weighted by molar-refractivity contribution is -0.107. The Morgan fingerprint density at radius 2 is 1.14 bits per heavy atom. The van der Waals surface area contributed by atoms with E-state index in [1.54, 1.807) is 0 Å². The Labute approximate surface area is 134 Å². The Hall–Kier alpha value is -0.330. The van der Waals surface area contributed by atoms with Crippen LogP contribution < -0.4 is 0 Å². The molecule has 0 heterocycles. The molecule has 0 amide bonds. The second-order valence-electron chi connectivity index (χ2n) is 6.70. The Kier molecular flexibility index (Phi) is 17.4. The topological polar surface area (TPSA) is 17.1 Å². The summed E-state index contributed by atoms with van der Waals surface area (Å²) in [5.41, 5.74) is 0. The van der Waals surface area contributed by atoms with Gasteiger partial charge in [-0.05, 0) is 12.3 Å². The predicted octanol–water partition coefficient (Wildman–Crippen LogP) is 7.08. The molecule has 0 rings (SSSR count). The number of unbranched alkanes of at least 4 members (excludes halogenated alkanes) is 11. The largest absolute Gasteiger partial charge is 0.303 e. The molecule has 1 heteroatoms. The highest BCUT2D eigenvalue weighted by molar-refractivity contribution is 5.48. The second-order valence-corrected chi connectivity index (χ2v) is 6.70. The fourth-order valence-corrected chi connectivity index (χ4v) is 3.13. The molecule has 0 aliphatic carbocycles. The monoisotopic (exact) mass is 296 g/mol. The van der Waals surface area contributed by atoms with Crippen LogP contribution in [0.25, 0.3) is 0 Å². The standard InChI is InChI=1S/C20H40O/c1-3-5-6-7-8-11-14-17-20(4-2)18-15-12-9-10-13-16-19-21/h19-20H,3-18H2,1-2H3. The van der Waals surface area contributed by atoms with Gasteiger partial charge in [-0.2, -0.15) is 0 Å². The Bertz CT molecular complexity index is 200. The third kappa shape index (κ3) is 15.9. The van der Waals surface area contributed by atoms with Gasteiger partial charge < -0.3 is 4.79 Å². The van der Waals surface area contributed by atoms with Gasteiger partial charge in [0.1, 0.15) is 6.29 Å². The molecule has 0 aliphatic heterocycles. The van der Waals surface area contributed by atoms with E-state index in [-0.39, 0.29) is 0 Å². The van der Waals surface area contributed by atoms with Gasteiger partial charge >= 0.3 is 0 Å². The van der Waals surface area contributed by atoms with Crippen LogP contribution in [-0.2, 0) is 4.79 Å². The molecule has 0 bridgehead atoms. The van der Waals surface area contributed by atoms with Crippen molar-refractivity contribution in [2.24, 2.45) is 5.92 Å². The maximum absolute atomic E-state index is 10.2. The third-order valence-corrected chi connectivity index (χ3v) is 4.73. The van der Waals surface area contributed by atoms with Crippen molar-refractivity contribution in [1.82, 2.24) is 0 Å². The Morgan fingerprint density at radius 3 is 1.62 bits per heavy atom. The molecule has 0 spiro atoms. The first-order valence-electron chi connectivity index (χ1n) is 9.78. The minimum absolute atomic E-state index is 0.760. The van der Waals surface area contributed by atoms with E-state index in [4.69, 9.17) is 0 Å². The summed E-state index contributed by atoms with van der Waals surface area (Å²) in [5, 5.41) is 0. The number of carbonyl (C=O) groups excluding carboxylic acids is 1. The van der Waals surface area contributed by atoms with Crippen molar-refractivity contribution in [3.63, 3.8) is 0 Å². The number of hydrogen-bond donors (Lipinski definition) is 0. The van der Waals surface area contributed by atoms with Gasteiger partial charge in [0.2, 0.25) is 0 Å². The molecule has 0 aliphatic rings. The van der Waals surface area contributed by atoms with E-state index >= 15 is 0 Å². The van der Waals surface area contributed by atoms with Crippen molar-refractivity contribution in [2.45, 2.75) is 117 Å². The molecule has 1 nitrogen and oxygen atoms in total. The molecule has 0 fully saturated rings. The van der Waals surface area contributed by atoms with Crippen LogP contribution >= 0.6 is 0 Å². The van der Waals surface area contributed by atoms with Crippen molar-refractivity contribution in [2.75, 3.05) is 0 Å². The Morgan fingerprint density at radius 1 is 0.667 bits per heavy atom. The highest BCUT2D eigenvalue weighted by Gasteiger charge is 2.05. The summed E-state index contributed by atoms with van der Waals surface area (Å²) in [6, 6.07) is 0. The quantitative estimate of drug-likeness (QED) is 0.207. The number of carbonyl (C=O) groups is 1.